The fourth-order valence-electron chi connectivity index (χ4n) is 1.42. The number of halogens is 4. The summed E-state index contributed by atoms with van der Waals surface area (Å²) in [5, 5.41) is 2.78. The molecular formula is C12H9ClF3N3. The van der Waals surface area contributed by atoms with Crippen molar-refractivity contribution in [2.75, 3.05) is 11.9 Å². The van der Waals surface area contributed by atoms with Crippen LogP contribution in [0.3, 0.4) is 0 Å². The van der Waals surface area contributed by atoms with E-state index in [2.05, 4.69) is 15.3 Å². The fourth-order valence-corrected chi connectivity index (χ4v) is 1.55. The Morgan fingerprint density at radius 3 is 2.42 bits per heavy atom. The van der Waals surface area contributed by atoms with Crippen LogP contribution in [0.5, 0.6) is 0 Å². The third-order valence-electron chi connectivity index (χ3n) is 2.28. The van der Waals surface area contributed by atoms with E-state index >= 15 is 0 Å². The van der Waals surface area contributed by atoms with Crippen LogP contribution in [-0.2, 0) is 0 Å². The molecule has 0 atom stereocenters. The van der Waals surface area contributed by atoms with Crippen molar-refractivity contribution in [3.63, 3.8) is 0 Å². The van der Waals surface area contributed by atoms with Crippen LogP contribution >= 0.6 is 11.6 Å². The summed E-state index contributed by atoms with van der Waals surface area (Å²) >= 11 is 5.76. The zero-order chi connectivity index (χ0) is 13.9. The van der Waals surface area contributed by atoms with Crippen molar-refractivity contribution in [1.29, 1.82) is 0 Å². The van der Waals surface area contributed by atoms with Crippen molar-refractivity contribution in [1.82, 2.24) is 9.97 Å². The van der Waals surface area contributed by atoms with E-state index in [1.54, 1.807) is 24.3 Å². The van der Waals surface area contributed by atoms with Crippen LogP contribution in [0, 0.1) is 0 Å². The predicted molar refractivity (Wildman–Crippen MR) is 67.0 cm³/mol. The lowest BCUT2D eigenvalue weighted by Crippen LogP contribution is -2.21. The smallest absolute Gasteiger partial charge is 0.361 e. The van der Waals surface area contributed by atoms with Crippen molar-refractivity contribution < 1.29 is 13.2 Å². The highest BCUT2D eigenvalue weighted by Crippen LogP contribution is 2.21. The van der Waals surface area contributed by atoms with E-state index in [9.17, 15) is 13.2 Å². The molecule has 3 nitrogen and oxygen atoms in total. The average molecular weight is 288 g/mol. The minimum absolute atomic E-state index is 0.122. The van der Waals surface area contributed by atoms with Gasteiger partial charge in [0.1, 0.15) is 18.7 Å². The molecule has 19 heavy (non-hydrogen) atoms. The number of nitrogens with zero attached hydrogens (tertiary/aromatic N) is 2. The highest BCUT2D eigenvalue weighted by Gasteiger charge is 2.26. The van der Waals surface area contributed by atoms with Crippen LogP contribution in [0.2, 0.25) is 5.02 Å². The molecule has 2 rings (SSSR count). The van der Waals surface area contributed by atoms with Crippen molar-refractivity contribution in [2.24, 2.45) is 0 Å². The van der Waals surface area contributed by atoms with Gasteiger partial charge in [-0.15, -0.1) is 0 Å². The molecule has 1 aromatic carbocycles. The molecule has 7 heteroatoms. The normalized spacial score (nSPS) is 11.4. The molecule has 0 fully saturated rings. The van der Waals surface area contributed by atoms with Gasteiger partial charge in [-0.25, -0.2) is 9.97 Å². The maximum atomic E-state index is 12.1. The monoisotopic (exact) mass is 287 g/mol. The second-order valence-corrected chi connectivity index (χ2v) is 4.20. The first kappa shape index (κ1) is 13.6. The predicted octanol–water partition coefficient (Wildman–Crippen LogP) is 3.77. The summed E-state index contributed by atoms with van der Waals surface area (Å²) in [6.07, 6.45) is -3.08. The summed E-state index contributed by atoms with van der Waals surface area (Å²) in [6, 6.07) is 8.29. The van der Waals surface area contributed by atoms with Gasteiger partial charge in [0, 0.05) is 16.7 Å². The topological polar surface area (TPSA) is 37.8 Å². The van der Waals surface area contributed by atoms with Crippen LogP contribution in [0.15, 0.2) is 36.7 Å². The van der Waals surface area contributed by atoms with Gasteiger partial charge in [0.15, 0.2) is 0 Å². The van der Waals surface area contributed by atoms with Crippen molar-refractivity contribution >= 4 is 17.4 Å². The SMILES string of the molecule is FC(F)(F)CNc1cc(-c2ccc(Cl)cc2)ncn1. The maximum absolute atomic E-state index is 12.1. The number of rotatable bonds is 3. The molecule has 0 spiro atoms. The Bertz CT molecular complexity index is 555. The molecule has 0 aliphatic rings. The highest BCUT2D eigenvalue weighted by molar-refractivity contribution is 6.30. The molecule has 0 saturated heterocycles. The van der Waals surface area contributed by atoms with E-state index in [1.807, 2.05) is 0 Å². The van der Waals surface area contributed by atoms with Crippen LogP contribution in [0.4, 0.5) is 19.0 Å². The van der Waals surface area contributed by atoms with Crippen LogP contribution in [0.25, 0.3) is 11.3 Å². The number of alkyl halides is 3. The molecule has 1 N–H and O–H groups in total. The summed E-state index contributed by atoms with van der Waals surface area (Å²) in [5.41, 5.74) is 1.28. The summed E-state index contributed by atoms with van der Waals surface area (Å²) in [7, 11) is 0. The van der Waals surface area contributed by atoms with E-state index < -0.39 is 12.7 Å². The first-order valence-electron chi connectivity index (χ1n) is 5.33. The van der Waals surface area contributed by atoms with Crippen molar-refractivity contribution in [3.8, 4) is 11.3 Å². The minimum Gasteiger partial charge on any atom is -0.361 e. The number of aromatic nitrogens is 2. The molecule has 0 aliphatic carbocycles. The molecule has 1 aromatic heterocycles. The van der Waals surface area contributed by atoms with Gasteiger partial charge in [0.05, 0.1) is 5.69 Å². The lowest BCUT2D eigenvalue weighted by Gasteiger charge is -2.09. The van der Waals surface area contributed by atoms with Gasteiger partial charge in [-0.05, 0) is 12.1 Å². The zero-order valence-corrected chi connectivity index (χ0v) is 10.3. The first-order chi connectivity index (χ1) is 8.94. The van der Waals surface area contributed by atoms with E-state index in [0.29, 0.717) is 10.7 Å². The van der Waals surface area contributed by atoms with Gasteiger partial charge >= 0.3 is 6.18 Å². The van der Waals surface area contributed by atoms with E-state index in [1.165, 1.54) is 12.4 Å². The standard InChI is InChI=1S/C12H9ClF3N3/c13-9-3-1-8(2-4-9)10-5-11(19-7-18-10)17-6-12(14,15)16/h1-5,7H,6H2,(H,17,18,19). The van der Waals surface area contributed by atoms with Gasteiger partial charge in [-0.2, -0.15) is 13.2 Å². The largest absolute Gasteiger partial charge is 0.405 e. The molecule has 2 aromatic rings. The Balaban J connectivity index is 2.17. The van der Waals surface area contributed by atoms with Crippen molar-refractivity contribution in [2.45, 2.75) is 6.18 Å². The third kappa shape index (κ3) is 4.10. The third-order valence-corrected chi connectivity index (χ3v) is 2.53. The van der Waals surface area contributed by atoms with Gasteiger partial charge in [-0.1, -0.05) is 23.7 Å². The molecule has 1 heterocycles. The lowest BCUT2D eigenvalue weighted by molar-refractivity contribution is -0.115. The minimum atomic E-state index is -4.29. The Hall–Kier alpha value is -1.82. The highest BCUT2D eigenvalue weighted by atomic mass is 35.5. The van der Waals surface area contributed by atoms with Crippen molar-refractivity contribution in [3.05, 3.63) is 41.7 Å². The quantitative estimate of drug-likeness (QED) is 0.934. The van der Waals surface area contributed by atoms with Gasteiger partial charge < -0.3 is 5.32 Å². The molecule has 0 radical (unpaired) electrons. The van der Waals surface area contributed by atoms with Gasteiger partial charge in [0.2, 0.25) is 0 Å². The van der Waals surface area contributed by atoms with E-state index in [0.717, 1.165) is 5.56 Å². The van der Waals surface area contributed by atoms with Crippen LogP contribution in [0.1, 0.15) is 0 Å². The van der Waals surface area contributed by atoms with Crippen LogP contribution in [-0.4, -0.2) is 22.7 Å². The fraction of sp³-hybridized carbons (Fsp3) is 0.167. The number of anilines is 1. The summed E-state index contributed by atoms with van der Waals surface area (Å²) in [4.78, 5) is 7.75. The molecule has 0 aliphatic heterocycles. The van der Waals surface area contributed by atoms with E-state index in [4.69, 9.17) is 11.6 Å². The molecule has 0 unspecified atom stereocenters. The Labute approximate surface area is 112 Å². The number of hydrogen-bond donors (Lipinski definition) is 1. The van der Waals surface area contributed by atoms with Crippen LogP contribution < -0.4 is 5.32 Å². The zero-order valence-electron chi connectivity index (χ0n) is 9.58. The maximum Gasteiger partial charge on any atom is 0.405 e. The van der Waals surface area contributed by atoms with E-state index in [-0.39, 0.29) is 5.82 Å². The number of hydrogen-bond acceptors (Lipinski definition) is 3. The number of benzene rings is 1. The Morgan fingerprint density at radius 2 is 1.79 bits per heavy atom. The van der Waals surface area contributed by atoms with Gasteiger partial charge in [0.25, 0.3) is 0 Å². The summed E-state index contributed by atoms with van der Waals surface area (Å²) < 4.78 is 36.3. The molecule has 0 saturated carbocycles. The second-order valence-electron chi connectivity index (χ2n) is 3.76. The Morgan fingerprint density at radius 1 is 1.11 bits per heavy atom. The molecule has 0 bridgehead atoms. The lowest BCUT2D eigenvalue weighted by atomic mass is 10.1. The number of nitrogens with one attached hydrogen (secondary N) is 1. The van der Waals surface area contributed by atoms with Gasteiger partial charge in [-0.3, -0.25) is 0 Å². The average Bonchev–Trinajstić information content (AvgIpc) is 2.37. The summed E-state index contributed by atoms with van der Waals surface area (Å²) in [6.45, 7) is -1.13. The summed E-state index contributed by atoms with van der Waals surface area (Å²) in [5.74, 6) is 0.122. The second kappa shape index (κ2) is 5.44. The Kier molecular flexibility index (Phi) is 3.90. The molecular weight excluding hydrogens is 279 g/mol. The first-order valence-corrected chi connectivity index (χ1v) is 5.70. The molecule has 100 valence electrons. The molecule has 0 amide bonds.